The lowest BCUT2D eigenvalue weighted by molar-refractivity contribution is -0.143. The molecule has 44 heavy (non-hydrogen) atoms. The number of rotatable bonds is 12. The van der Waals surface area contributed by atoms with E-state index in [-0.39, 0.29) is 24.8 Å². The van der Waals surface area contributed by atoms with Crippen LogP contribution in [0.1, 0.15) is 36.1 Å². The number of hydrogen-bond acceptors (Lipinski definition) is 6. The van der Waals surface area contributed by atoms with Gasteiger partial charge in [-0.15, -0.1) is 0 Å². The van der Waals surface area contributed by atoms with Crippen molar-refractivity contribution in [3.63, 3.8) is 0 Å². The van der Waals surface area contributed by atoms with Crippen molar-refractivity contribution < 1.29 is 28.5 Å². The zero-order valence-electron chi connectivity index (χ0n) is 24.5. The Hall–Kier alpha value is -4.62. The van der Waals surface area contributed by atoms with E-state index in [0.717, 1.165) is 22.3 Å². The fraction of sp³-hybridized carbons (Fsp3) is 0.222. The monoisotopic (exact) mass is 630 g/mol. The lowest BCUT2D eigenvalue weighted by Crippen LogP contribution is -2.07. The molecule has 0 unspecified atom stereocenters. The molecule has 0 fully saturated rings. The normalized spacial score (nSPS) is 10.5. The molecule has 0 amide bonds. The number of carbonyl (C=O) groups excluding carboxylic acids is 2. The third kappa shape index (κ3) is 12.3. The van der Waals surface area contributed by atoms with Crippen LogP contribution in [-0.4, -0.2) is 38.4 Å². The summed E-state index contributed by atoms with van der Waals surface area (Å²) in [7, 11) is 0. The lowest BCUT2D eigenvalue weighted by Gasteiger charge is -2.07. The minimum atomic E-state index is -0.297. The molecule has 3 rings (SSSR count). The fourth-order valence-corrected chi connectivity index (χ4v) is 4.23. The van der Waals surface area contributed by atoms with Crippen LogP contribution in [-0.2, 0) is 31.9 Å². The average Bonchev–Trinajstić information content (AvgIpc) is 2.99. The maximum atomic E-state index is 11.6. The van der Waals surface area contributed by atoms with Gasteiger partial charge < -0.3 is 18.9 Å². The maximum Gasteiger partial charge on any atom is 0.310 e. The molecule has 0 aromatic heterocycles. The van der Waals surface area contributed by atoms with Crippen molar-refractivity contribution in [3.05, 3.63) is 117 Å². The first-order valence-electron chi connectivity index (χ1n) is 13.9. The Balaban J connectivity index is 1.43. The molecular formula is C36H32Cl2O6. The fourth-order valence-electron chi connectivity index (χ4n) is 3.71. The van der Waals surface area contributed by atoms with E-state index in [1.165, 1.54) is 0 Å². The Kier molecular flexibility index (Phi) is 14.5. The van der Waals surface area contributed by atoms with Gasteiger partial charge in [0, 0.05) is 11.1 Å². The highest BCUT2D eigenvalue weighted by atomic mass is 35.5. The summed E-state index contributed by atoms with van der Waals surface area (Å²) in [6.45, 7) is 4.80. The first kappa shape index (κ1) is 33.9. The van der Waals surface area contributed by atoms with Gasteiger partial charge in [0.1, 0.15) is 24.7 Å². The smallest absolute Gasteiger partial charge is 0.310 e. The molecule has 0 aliphatic heterocycles. The van der Waals surface area contributed by atoms with Gasteiger partial charge in [-0.25, -0.2) is 0 Å². The summed E-state index contributed by atoms with van der Waals surface area (Å²) in [5, 5.41) is 0.851. The first-order valence-corrected chi connectivity index (χ1v) is 14.7. The Bertz CT molecular complexity index is 1500. The van der Waals surface area contributed by atoms with Gasteiger partial charge in [0.25, 0.3) is 0 Å². The Morgan fingerprint density at radius 1 is 0.682 bits per heavy atom. The summed E-state index contributed by atoms with van der Waals surface area (Å²) in [5.74, 6) is 12.6. The summed E-state index contributed by atoms with van der Waals surface area (Å²) in [4.78, 5) is 23.3. The van der Waals surface area contributed by atoms with E-state index in [1.54, 1.807) is 74.5 Å². The van der Waals surface area contributed by atoms with Gasteiger partial charge >= 0.3 is 11.9 Å². The second-order valence-corrected chi connectivity index (χ2v) is 9.85. The summed E-state index contributed by atoms with van der Waals surface area (Å²) >= 11 is 12.5. The first-order chi connectivity index (χ1) is 21.4. The third-order valence-corrected chi connectivity index (χ3v) is 6.26. The predicted molar refractivity (Wildman–Crippen MR) is 173 cm³/mol. The van der Waals surface area contributed by atoms with Crippen LogP contribution in [0.2, 0.25) is 10.0 Å². The number of benzene rings is 3. The number of halogens is 2. The van der Waals surface area contributed by atoms with Crippen LogP contribution < -0.4 is 9.47 Å². The van der Waals surface area contributed by atoms with E-state index >= 15 is 0 Å². The Morgan fingerprint density at radius 2 is 1.14 bits per heavy atom. The average molecular weight is 632 g/mol. The van der Waals surface area contributed by atoms with Crippen LogP contribution in [0, 0.1) is 23.7 Å². The molecule has 0 spiro atoms. The molecule has 0 aliphatic rings. The second-order valence-electron chi connectivity index (χ2n) is 9.04. The van der Waals surface area contributed by atoms with Crippen molar-refractivity contribution in [2.75, 3.05) is 26.4 Å². The second kappa shape index (κ2) is 18.8. The topological polar surface area (TPSA) is 71.1 Å². The van der Waals surface area contributed by atoms with Crippen molar-refractivity contribution in [2.45, 2.75) is 26.7 Å². The van der Waals surface area contributed by atoms with Gasteiger partial charge in [-0.3, -0.25) is 9.59 Å². The van der Waals surface area contributed by atoms with E-state index in [4.69, 9.17) is 42.1 Å². The highest BCUT2D eigenvalue weighted by Crippen LogP contribution is 2.27. The summed E-state index contributed by atoms with van der Waals surface area (Å²) in [5.41, 5.74) is 3.18. The molecule has 0 aliphatic carbocycles. The zero-order chi connectivity index (χ0) is 31.6. The van der Waals surface area contributed by atoms with Crippen LogP contribution in [0.3, 0.4) is 0 Å². The van der Waals surface area contributed by atoms with Crippen LogP contribution in [0.25, 0.3) is 0 Å². The highest BCUT2D eigenvalue weighted by molar-refractivity contribution is 6.32. The molecule has 0 bridgehead atoms. The minimum Gasteiger partial charge on any atom is -0.488 e. The zero-order valence-corrected chi connectivity index (χ0v) is 26.0. The van der Waals surface area contributed by atoms with Crippen LogP contribution in [0.4, 0.5) is 0 Å². The summed E-state index contributed by atoms with van der Waals surface area (Å²) in [6.07, 6.45) is 7.33. The molecule has 0 atom stereocenters. The van der Waals surface area contributed by atoms with E-state index < -0.39 is 0 Å². The molecule has 3 aromatic carbocycles. The van der Waals surface area contributed by atoms with Crippen LogP contribution in [0.15, 0.2) is 85.0 Å². The lowest BCUT2D eigenvalue weighted by atomic mass is 10.1. The molecule has 8 heteroatoms. The van der Waals surface area contributed by atoms with Crippen LogP contribution >= 0.6 is 23.2 Å². The molecule has 6 nitrogen and oxygen atoms in total. The largest absolute Gasteiger partial charge is 0.488 e. The van der Waals surface area contributed by atoms with Gasteiger partial charge in [0.15, 0.2) is 0 Å². The molecular weight excluding hydrogens is 599 g/mol. The molecule has 226 valence electrons. The van der Waals surface area contributed by atoms with Gasteiger partial charge in [-0.05, 0) is 91.7 Å². The van der Waals surface area contributed by atoms with Gasteiger partial charge in [-0.1, -0.05) is 65.1 Å². The number of carbonyl (C=O) groups is 2. The molecule has 0 saturated heterocycles. The minimum absolute atomic E-state index is 0.162. The van der Waals surface area contributed by atoms with Gasteiger partial charge in [0.2, 0.25) is 0 Å². The van der Waals surface area contributed by atoms with Gasteiger partial charge in [-0.2, -0.15) is 0 Å². The van der Waals surface area contributed by atoms with Crippen molar-refractivity contribution in [1.82, 2.24) is 0 Å². The SMILES string of the molecule is CCOC(=O)Cc1ccc(OCC=CC#Cc2cccc(C#CC=CCOc3ccc(CC(=O)OCC)cc3Cl)c2)c(Cl)c1. The van der Waals surface area contributed by atoms with E-state index in [9.17, 15) is 9.59 Å². The van der Waals surface area contributed by atoms with E-state index in [1.807, 2.05) is 24.3 Å². The number of allylic oxidation sites excluding steroid dienone is 2. The Labute approximate surface area is 268 Å². The van der Waals surface area contributed by atoms with Gasteiger partial charge in [0.05, 0.1) is 36.1 Å². The number of esters is 2. The maximum absolute atomic E-state index is 11.6. The molecule has 0 saturated carbocycles. The van der Waals surface area contributed by atoms with E-state index in [2.05, 4.69) is 23.7 Å². The van der Waals surface area contributed by atoms with Crippen molar-refractivity contribution >= 4 is 35.1 Å². The molecule has 0 heterocycles. The summed E-state index contributed by atoms with van der Waals surface area (Å²) < 4.78 is 21.3. The highest BCUT2D eigenvalue weighted by Gasteiger charge is 2.09. The van der Waals surface area contributed by atoms with Crippen LogP contribution in [0.5, 0.6) is 11.5 Å². The standard InChI is InChI=1S/C36H32Cl2O6/c1-3-41-35(39)25-29-16-18-33(31(37)23-29)43-20-9-5-7-12-27-14-11-15-28(22-27)13-8-6-10-21-44-34-19-17-30(24-32(34)38)26-36(40)42-4-2/h5-6,9-11,14-19,22-24H,3-4,20-21,25-26H2,1-2H3. The van der Waals surface area contributed by atoms with E-state index in [0.29, 0.717) is 48.0 Å². The number of ether oxygens (including phenoxy) is 4. The third-order valence-electron chi connectivity index (χ3n) is 5.67. The quantitative estimate of drug-likeness (QED) is 0.156. The Morgan fingerprint density at radius 3 is 1.55 bits per heavy atom. The number of hydrogen-bond donors (Lipinski definition) is 0. The van der Waals surface area contributed by atoms with Crippen molar-refractivity contribution in [3.8, 4) is 35.2 Å². The molecule has 0 radical (unpaired) electrons. The molecule has 3 aromatic rings. The van der Waals surface area contributed by atoms with Crippen molar-refractivity contribution in [1.29, 1.82) is 0 Å². The molecule has 0 N–H and O–H groups in total. The van der Waals surface area contributed by atoms with Crippen molar-refractivity contribution in [2.24, 2.45) is 0 Å². The summed E-state index contributed by atoms with van der Waals surface area (Å²) in [6, 6.07) is 18.1. The predicted octanol–water partition coefficient (Wildman–Crippen LogP) is 7.18.